The van der Waals surface area contributed by atoms with Crippen LogP contribution in [0.25, 0.3) is 0 Å². The average molecular weight is 272 g/mol. The van der Waals surface area contributed by atoms with Crippen molar-refractivity contribution in [2.45, 2.75) is 18.9 Å². The first kappa shape index (κ1) is 13.9. The Labute approximate surface area is 109 Å². The number of rotatable bonds is 4. The fraction of sp³-hybridized carbons (Fsp3) is 0.417. The minimum atomic E-state index is -5.01. The molecule has 1 fully saturated rings. The normalized spacial score (nSPS) is 19.4. The largest absolute Gasteiger partial charge is 0.509 e. The van der Waals surface area contributed by atoms with E-state index in [-0.39, 0.29) is 17.6 Å². The van der Waals surface area contributed by atoms with Gasteiger partial charge in [-0.3, -0.25) is 4.79 Å². The van der Waals surface area contributed by atoms with Crippen molar-refractivity contribution in [2.75, 3.05) is 13.2 Å². The van der Waals surface area contributed by atoms with Crippen LogP contribution in [-0.2, 0) is 4.74 Å². The summed E-state index contributed by atoms with van der Waals surface area (Å²) in [7, 11) is 0. The molecule has 2 rings (SSSR count). The molecule has 0 aromatic heterocycles. The molecule has 1 N–H and O–H groups in total. The number of nitrogens with one attached hydrogen (secondary N) is 1. The van der Waals surface area contributed by atoms with Crippen molar-refractivity contribution in [3.63, 3.8) is 0 Å². The smallest absolute Gasteiger partial charge is 0.445 e. The van der Waals surface area contributed by atoms with Crippen LogP contribution in [-0.4, -0.2) is 32.1 Å². The molecule has 0 saturated carbocycles. The zero-order valence-corrected chi connectivity index (χ0v) is 10.2. The van der Waals surface area contributed by atoms with Crippen molar-refractivity contribution in [1.29, 1.82) is 0 Å². The number of hydrogen-bond donors (Lipinski definition) is 1. The third-order valence-electron chi connectivity index (χ3n) is 3.07. The second kappa shape index (κ2) is 5.65. The maximum Gasteiger partial charge on any atom is 0.509 e. The highest BCUT2D eigenvalue weighted by atomic mass is 19.4. The first-order valence-corrected chi connectivity index (χ1v) is 6.16. The molecule has 0 unspecified atom stereocenters. The molecule has 104 valence electrons. The number of carbonyl (C=O) groups is 1. The molecular formula is C12H14BF3NO2-. The SMILES string of the molecule is O=C(NC[C@H]1CCCO1)c1ccc([B-](F)(F)F)cc1. The summed E-state index contributed by atoms with van der Waals surface area (Å²) in [5.74, 6) is -0.378. The molecular weight excluding hydrogens is 258 g/mol. The van der Waals surface area contributed by atoms with Crippen LogP contribution < -0.4 is 10.8 Å². The number of halogens is 3. The predicted octanol–water partition coefficient (Wildman–Crippen LogP) is 1.65. The van der Waals surface area contributed by atoms with Crippen molar-refractivity contribution >= 4 is 18.3 Å². The Kier molecular flexibility index (Phi) is 4.14. The fourth-order valence-electron chi connectivity index (χ4n) is 1.97. The molecule has 0 bridgehead atoms. The summed E-state index contributed by atoms with van der Waals surface area (Å²) in [6, 6.07) is 4.24. The third-order valence-corrected chi connectivity index (χ3v) is 3.07. The number of hydrogen-bond acceptors (Lipinski definition) is 2. The van der Waals surface area contributed by atoms with Crippen LogP contribution in [0.1, 0.15) is 23.2 Å². The average Bonchev–Trinajstić information content (AvgIpc) is 2.88. The zero-order valence-electron chi connectivity index (χ0n) is 10.2. The maximum absolute atomic E-state index is 12.4. The third kappa shape index (κ3) is 3.73. The van der Waals surface area contributed by atoms with Gasteiger partial charge in [0, 0.05) is 18.7 Å². The highest BCUT2D eigenvalue weighted by molar-refractivity contribution is 6.73. The summed E-state index contributed by atoms with van der Waals surface area (Å²) >= 11 is 0. The van der Waals surface area contributed by atoms with Gasteiger partial charge in [-0.25, -0.2) is 0 Å². The van der Waals surface area contributed by atoms with Gasteiger partial charge in [0.2, 0.25) is 0 Å². The molecule has 0 aliphatic carbocycles. The summed E-state index contributed by atoms with van der Waals surface area (Å²) < 4.78 is 42.6. The second-order valence-electron chi connectivity index (χ2n) is 4.54. The van der Waals surface area contributed by atoms with E-state index in [2.05, 4.69) is 5.32 Å². The van der Waals surface area contributed by atoms with Gasteiger partial charge in [-0.05, 0) is 12.8 Å². The van der Waals surface area contributed by atoms with Crippen molar-refractivity contribution in [1.82, 2.24) is 5.32 Å². The van der Waals surface area contributed by atoms with E-state index in [1.807, 2.05) is 0 Å². The van der Waals surface area contributed by atoms with Crippen LogP contribution >= 0.6 is 0 Å². The molecule has 1 amide bonds. The molecule has 1 saturated heterocycles. The van der Waals surface area contributed by atoms with Crippen molar-refractivity contribution in [3.05, 3.63) is 29.8 Å². The van der Waals surface area contributed by atoms with E-state index in [1.165, 1.54) is 12.1 Å². The molecule has 1 aliphatic heterocycles. The van der Waals surface area contributed by atoms with E-state index < -0.39 is 12.4 Å². The first-order chi connectivity index (χ1) is 8.97. The molecule has 0 radical (unpaired) electrons. The Hall–Kier alpha value is -1.50. The quantitative estimate of drug-likeness (QED) is 0.846. The fourth-order valence-corrected chi connectivity index (χ4v) is 1.97. The maximum atomic E-state index is 12.4. The Balaban J connectivity index is 1.92. The van der Waals surface area contributed by atoms with Gasteiger partial charge in [-0.15, -0.1) is 5.46 Å². The lowest BCUT2D eigenvalue weighted by Gasteiger charge is -2.15. The van der Waals surface area contributed by atoms with Crippen molar-refractivity contribution in [2.24, 2.45) is 0 Å². The van der Waals surface area contributed by atoms with E-state index in [4.69, 9.17) is 4.74 Å². The van der Waals surface area contributed by atoms with Crippen molar-refractivity contribution in [3.8, 4) is 0 Å². The van der Waals surface area contributed by atoms with Crippen LogP contribution in [0.5, 0.6) is 0 Å². The second-order valence-corrected chi connectivity index (χ2v) is 4.54. The Morgan fingerprint density at radius 3 is 2.53 bits per heavy atom. The molecule has 7 heteroatoms. The number of carbonyl (C=O) groups excluding carboxylic acids is 1. The molecule has 1 atom stereocenters. The van der Waals surface area contributed by atoms with Crippen LogP contribution in [0.15, 0.2) is 24.3 Å². The lowest BCUT2D eigenvalue weighted by atomic mass is 9.80. The van der Waals surface area contributed by atoms with Gasteiger partial charge in [0.1, 0.15) is 0 Å². The topological polar surface area (TPSA) is 38.3 Å². The van der Waals surface area contributed by atoms with E-state index >= 15 is 0 Å². The summed E-state index contributed by atoms with van der Waals surface area (Å²) in [6.45, 7) is -3.92. The molecule has 1 aromatic carbocycles. The minimum absolute atomic E-state index is 0.0155. The summed E-state index contributed by atoms with van der Waals surface area (Å²) in [5.41, 5.74) is -0.475. The summed E-state index contributed by atoms with van der Waals surface area (Å²) in [6.07, 6.45) is 1.89. The monoisotopic (exact) mass is 272 g/mol. The number of amides is 1. The van der Waals surface area contributed by atoms with Crippen LogP contribution in [0.3, 0.4) is 0 Å². The Morgan fingerprint density at radius 2 is 2.00 bits per heavy atom. The lowest BCUT2D eigenvalue weighted by molar-refractivity contribution is 0.0858. The van der Waals surface area contributed by atoms with Crippen LogP contribution in [0, 0.1) is 0 Å². The van der Waals surface area contributed by atoms with Gasteiger partial charge in [0.15, 0.2) is 0 Å². The van der Waals surface area contributed by atoms with E-state index in [0.717, 1.165) is 25.0 Å². The van der Waals surface area contributed by atoms with Crippen LogP contribution in [0.4, 0.5) is 12.9 Å². The van der Waals surface area contributed by atoms with Gasteiger partial charge in [0.25, 0.3) is 5.91 Å². The zero-order chi connectivity index (χ0) is 13.9. The Bertz CT molecular complexity index is 441. The van der Waals surface area contributed by atoms with Gasteiger partial charge < -0.3 is 23.0 Å². The summed E-state index contributed by atoms with van der Waals surface area (Å²) in [4.78, 5) is 11.7. The van der Waals surface area contributed by atoms with Gasteiger partial charge in [-0.2, -0.15) is 0 Å². The van der Waals surface area contributed by atoms with Crippen molar-refractivity contribution < 1.29 is 22.5 Å². The van der Waals surface area contributed by atoms with Gasteiger partial charge in [-0.1, -0.05) is 24.3 Å². The van der Waals surface area contributed by atoms with Gasteiger partial charge in [0.05, 0.1) is 6.10 Å². The lowest BCUT2D eigenvalue weighted by Crippen LogP contribution is -2.35. The Morgan fingerprint density at radius 1 is 1.32 bits per heavy atom. The predicted molar refractivity (Wildman–Crippen MR) is 66.5 cm³/mol. The highest BCUT2D eigenvalue weighted by Gasteiger charge is 2.25. The van der Waals surface area contributed by atoms with E-state index in [0.29, 0.717) is 13.2 Å². The van der Waals surface area contributed by atoms with Crippen LogP contribution in [0.2, 0.25) is 0 Å². The molecule has 0 spiro atoms. The molecule has 1 heterocycles. The molecule has 1 aromatic rings. The molecule has 19 heavy (non-hydrogen) atoms. The van der Waals surface area contributed by atoms with E-state index in [9.17, 15) is 17.7 Å². The minimum Gasteiger partial charge on any atom is -0.445 e. The van der Waals surface area contributed by atoms with Gasteiger partial charge >= 0.3 is 6.98 Å². The standard InChI is InChI=1S/C12H14BF3NO2/c14-13(15,16)10-5-3-9(4-6-10)12(18)17-8-11-2-1-7-19-11/h3-6,11H,1-2,7-8H2,(H,17,18)/q-1/t11-/m1/s1. The van der Waals surface area contributed by atoms with E-state index in [1.54, 1.807) is 0 Å². The molecule has 3 nitrogen and oxygen atoms in total. The first-order valence-electron chi connectivity index (χ1n) is 6.16. The highest BCUT2D eigenvalue weighted by Crippen LogP contribution is 2.12. The number of benzene rings is 1. The summed E-state index contributed by atoms with van der Waals surface area (Å²) in [5, 5.41) is 2.66. The molecule has 1 aliphatic rings. The number of ether oxygens (including phenoxy) is 1.